The van der Waals surface area contributed by atoms with Crippen molar-refractivity contribution >= 4 is 11.7 Å². The molecule has 1 saturated carbocycles. The fourth-order valence-corrected chi connectivity index (χ4v) is 3.05. The second-order valence-electron chi connectivity index (χ2n) is 6.24. The Bertz CT molecular complexity index is 499. The molecule has 0 atom stereocenters. The summed E-state index contributed by atoms with van der Waals surface area (Å²) in [6, 6.07) is 7.94. The average molecular weight is 320 g/mol. The number of carbonyl (C=O) groups is 1. The van der Waals surface area contributed by atoms with Gasteiger partial charge in [-0.25, -0.2) is 4.79 Å². The largest absolute Gasteiger partial charge is 0.396 e. The Labute approximate surface area is 138 Å². The first kappa shape index (κ1) is 17.8. The molecule has 1 fully saturated rings. The van der Waals surface area contributed by atoms with Crippen LogP contribution in [0.1, 0.15) is 38.2 Å². The zero-order chi connectivity index (χ0) is 16.7. The Morgan fingerprint density at radius 1 is 1.35 bits per heavy atom. The number of carbonyl (C=O) groups excluding carboxylic acids is 1. The molecule has 2 rings (SSSR count). The van der Waals surface area contributed by atoms with Crippen molar-refractivity contribution in [2.45, 2.75) is 45.3 Å². The fourth-order valence-electron chi connectivity index (χ4n) is 3.05. The standard InChI is InChI=1S/C18H28N2O3/c1-3-23-13-15-5-4-6-16(11-15)19-18(22)20(2)17-9-7-14(12-21)8-10-17/h4-6,11,14,17,21H,3,7-10,12-13H2,1-2H3,(H,19,22). The van der Waals surface area contributed by atoms with E-state index < -0.39 is 0 Å². The van der Waals surface area contributed by atoms with E-state index in [0.29, 0.717) is 19.1 Å². The van der Waals surface area contributed by atoms with Crippen LogP contribution in [0.2, 0.25) is 0 Å². The highest BCUT2D eigenvalue weighted by Crippen LogP contribution is 2.27. The SMILES string of the molecule is CCOCc1cccc(NC(=O)N(C)C2CCC(CO)CC2)c1. The molecule has 23 heavy (non-hydrogen) atoms. The maximum absolute atomic E-state index is 12.4. The van der Waals surface area contributed by atoms with E-state index in [1.54, 1.807) is 4.90 Å². The molecule has 0 spiro atoms. The number of amides is 2. The molecule has 128 valence electrons. The van der Waals surface area contributed by atoms with Gasteiger partial charge in [0.1, 0.15) is 0 Å². The van der Waals surface area contributed by atoms with Gasteiger partial charge in [-0.2, -0.15) is 0 Å². The number of benzene rings is 1. The third-order valence-electron chi connectivity index (χ3n) is 4.59. The number of anilines is 1. The highest BCUT2D eigenvalue weighted by molar-refractivity contribution is 5.89. The summed E-state index contributed by atoms with van der Waals surface area (Å²) >= 11 is 0. The molecule has 0 bridgehead atoms. The van der Waals surface area contributed by atoms with Crippen LogP contribution in [0.25, 0.3) is 0 Å². The van der Waals surface area contributed by atoms with Gasteiger partial charge in [0.05, 0.1) is 6.61 Å². The van der Waals surface area contributed by atoms with Gasteiger partial charge in [0.25, 0.3) is 0 Å². The summed E-state index contributed by atoms with van der Waals surface area (Å²) in [6.45, 7) is 3.46. The maximum atomic E-state index is 12.4. The van der Waals surface area contributed by atoms with E-state index >= 15 is 0 Å². The van der Waals surface area contributed by atoms with Crippen molar-refractivity contribution < 1.29 is 14.6 Å². The normalized spacial score (nSPS) is 21.0. The van der Waals surface area contributed by atoms with Crippen LogP contribution in [0.4, 0.5) is 10.5 Å². The molecule has 0 radical (unpaired) electrons. The lowest BCUT2D eigenvalue weighted by molar-refractivity contribution is 0.134. The number of hydrogen-bond donors (Lipinski definition) is 2. The van der Waals surface area contributed by atoms with Gasteiger partial charge in [0, 0.05) is 32.0 Å². The Morgan fingerprint density at radius 2 is 2.09 bits per heavy atom. The fraction of sp³-hybridized carbons (Fsp3) is 0.611. The number of aliphatic hydroxyl groups excluding tert-OH is 1. The van der Waals surface area contributed by atoms with E-state index in [1.165, 1.54) is 0 Å². The lowest BCUT2D eigenvalue weighted by Gasteiger charge is -2.34. The van der Waals surface area contributed by atoms with E-state index in [1.807, 2.05) is 38.2 Å². The van der Waals surface area contributed by atoms with Crippen molar-refractivity contribution in [3.05, 3.63) is 29.8 Å². The maximum Gasteiger partial charge on any atom is 0.321 e. The molecule has 0 unspecified atom stereocenters. The average Bonchev–Trinajstić information content (AvgIpc) is 2.59. The Balaban J connectivity index is 1.88. The second kappa shape index (κ2) is 8.89. The minimum absolute atomic E-state index is 0.0778. The Morgan fingerprint density at radius 3 is 2.74 bits per heavy atom. The molecule has 2 amide bonds. The molecule has 2 N–H and O–H groups in total. The van der Waals surface area contributed by atoms with E-state index in [9.17, 15) is 9.90 Å². The van der Waals surface area contributed by atoms with E-state index in [-0.39, 0.29) is 18.7 Å². The summed E-state index contributed by atoms with van der Waals surface area (Å²) in [4.78, 5) is 14.2. The van der Waals surface area contributed by atoms with Gasteiger partial charge in [-0.15, -0.1) is 0 Å². The number of hydrogen-bond acceptors (Lipinski definition) is 3. The number of rotatable bonds is 6. The minimum Gasteiger partial charge on any atom is -0.396 e. The molecule has 5 heteroatoms. The molecule has 0 aliphatic heterocycles. The van der Waals surface area contributed by atoms with Gasteiger partial charge in [-0.1, -0.05) is 12.1 Å². The Hall–Kier alpha value is -1.59. The van der Waals surface area contributed by atoms with Crippen LogP contribution in [-0.2, 0) is 11.3 Å². The van der Waals surface area contributed by atoms with Crippen LogP contribution in [0.5, 0.6) is 0 Å². The van der Waals surface area contributed by atoms with E-state index in [4.69, 9.17) is 4.74 Å². The highest BCUT2D eigenvalue weighted by atomic mass is 16.5. The first-order valence-corrected chi connectivity index (χ1v) is 8.45. The number of ether oxygens (including phenoxy) is 1. The molecule has 1 aliphatic carbocycles. The Kier molecular flexibility index (Phi) is 6.86. The van der Waals surface area contributed by atoms with Crippen molar-refractivity contribution in [1.29, 1.82) is 0 Å². The predicted octanol–water partition coefficient (Wildman–Crippen LogP) is 3.24. The first-order chi connectivity index (χ1) is 11.1. The van der Waals surface area contributed by atoms with Crippen LogP contribution in [0.3, 0.4) is 0 Å². The van der Waals surface area contributed by atoms with Crippen molar-refractivity contribution in [1.82, 2.24) is 4.90 Å². The highest BCUT2D eigenvalue weighted by Gasteiger charge is 2.26. The van der Waals surface area contributed by atoms with Gasteiger partial charge < -0.3 is 20.1 Å². The summed E-state index contributed by atoms with van der Waals surface area (Å²) in [6.07, 6.45) is 3.89. The smallest absolute Gasteiger partial charge is 0.321 e. The van der Waals surface area contributed by atoms with Crippen LogP contribution in [0.15, 0.2) is 24.3 Å². The summed E-state index contributed by atoms with van der Waals surface area (Å²) in [5, 5.41) is 12.2. The topological polar surface area (TPSA) is 61.8 Å². The van der Waals surface area contributed by atoms with Crippen LogP contribution in [0, 0.1) is 5.92 Å². The lowest BCUT2D eigenvalue weighted by atomic mass is 9.86. The van der Waals surface area contributed by atoms with Gasteiger partial charge in [0.2, 0.25) is 0 Å². The van der Waals surface area contributed by atoms with Gasteiger partial charge in [-0.05, 0) is 56.2 Å². The monoisotopic (exact) mass is 320 g/mol. The molecular weight excluding hydrogens is 292 g/mol. The first-order valence-electron chi connectivity index (χ1n) is 8.45. The number of nitrogens with one attached hydrogen (secondary N) is 1. The number of nitrogens with zero attached hydrogens (tertiary/aromatic N) is 1. The lowest BCUT2D eigenvalue weighted by Crippen LogP contribution is -2.42. The third kappa shape index (κ3) is 5.22. The molecule has 5 nitrogen and oxygen atoms in total. The summed E-state index contributed by atoms with van der Waals surface area (Å²) in [7, 11) is 1.85. The molecule has 0 aromatic heterocycles. The summed E-state index contributed by atoms with van der Waals surface area (Å²) < 4.78 is 5.40. The third-order valence-corrected chi connectivity index (χ3v) is 4.59. The van der Waals surface area contributed by atoms with Crippen LogP contribution >= 0.6 is 0 Å². The van der Waals surface area contributed by atoms with Crippen LogP contribution in [-0.4, -0.2) is 42.3 Å². The number of aliphatic hydroxyl groups is 1. The molecule has 1 aliphatic rings. The van der Waals surface area contributed by atoms with Crippen molar-refractivity contribution in [3.63, 3.8) is 0 Å². The van der Waals surface area contributed by atoms with Gasteiger partial charge >= 0.3 is 6.03 Å². The molecule has 0 saturated heterocycles. The van der Waals surface area contributed by atoms with Crippen molar-refractivity contribution in [2.75, 3.05) is 25.6 Å². The number of urea groups is 1. The molecular formula is C18H28N2O3. The van der Waals surface area contributed by atoms with E-state index in [2.05, 4.69) is 5.32 Å². The predicted molar refractivity (Wildman–Crippen MR) is 91.4 cm³/mol. The van der Waals surface area contributed by atoms with Gasteiger partial charge in [0.15, 0.2) is 0 Å². The van der Waals surface area contributed by atoms with E-state index in [0.717, 1.165) is 36.9 Å². The quantitative estimate of drug-likeness (QED) is 0.846. The zero-order valence-corrected chi connectivity index (χ0v) is 14.1. The zero-order valence-electron chi connectivity index (χ0n) is 14.1. The van der Waals surface area contributed by atoms with Gasteiger partial charge in [-0.3, -0.25) is 0 Å². The summed E-state index contributed by atoms with van der Waals surface area (Å²) in [5.74, 6) is 0.401. The molecule has 1 aromatic carbocycles. The second-order valence-corrected chi connectivity index (χ2v) is 6.24. The van der Waals surface area contributed by atoms with Crippen LogP contribution < -0.4 is 5.32 Å². The molecule has 1 aromatic rings. The van der Waals surface area contributed by atoms with Crippen molar-refractivity contribution in [3.8, 4) is 0 Å². The summed E-state index contributed by atoms with van der Waals surface area (Å²) in [5.41, 5.74) is 1.85. The minimum atomic E-state index is -0.0778. The van der Waals surface area contributed by atoms with Crippen molar-refractivity contribution in [2.24, 2.45) is 5.92 Å². The molecule has 0 heterocycles.